The molecule has 3 aromatic rings. The number of aromatic nitrogens is 1. The van der Waals surface area contributed by atoms with Gasteiger partial charge in [0.15, 0.2) is 3.95 Å². The Morgan fingerprint density at radius 1 is 0.864 bits per heavy atom. The smallest absolute Gasteiger partial charge is 0.336 e. The molecule has 0 saturated heterocycles. The third-order valence-electron chi connectivity index (χ3n) is 3.19. The van der Waals surface area contributed by atoms with E-state index in [9.17, 15) is 13.2 Å². The molecule has 112 valence electrons. The zero-order valence-electron chi connectivity index (χ0n) is 11.1. The summed E-state index contributed by atoms with van der Waals surface area (Å²) >= 11 is 6.60. The predicted molar refractivity (Wildman–Crippen MR) is 85.4 cm³/mol. The molecule has 0 radical (unpaired) electrons. The first-order chi connectivity index (χ1) is 10.4. The standard InChI is InChI=1S/C16H10F3NS2/c17-16(18,19)12-8-6-10(7-9-12)13-14(22-15(21)20-13)11-4-2-1-3-5-11/h1-9H,(H,20,21). The number of halogens is 3. The van der Waals surface area contributed by atoms with Crippen molar-refractivity contribution in [1.82, 2.24) is 4.98 Å². The van der Waals surface area contributed by atoms with Gasteiger partial charge in [-0.05, 0) is 35.5 Å². The number of aromatic amines is 1. The van der Waals surface area contributed by atoms with Crippen LogP contribution in [0, 0.1) is 3.95 Å². The lowest BCUT2D eigenvalue weighted by Gasteiger charge is -2.08. The molecule has 0 bridgehead atoms. The largest absolute Gasteiger partial charge is 0.416 e. The Morgan fingerprint density at radius 2 is 1.50 bits per heavy atom. The molecule has 1 aromatic heterocycles. The summed E-state index contributed by atoms with van der Waals surface area (Å²) in [6.45, 7) is 0. The van der Waals surface area contributed by atoms with E-state index >= 15 is 0 Å². The Labute approximate surface area is 134 Å². The molecule has 0 unspecified atom stereocenters. The highest BCUT2D eigenvalue weighted by molar-refractivity contribution is 7.73. The zero-order valence-corrected chi connectivity index (χ0v) is 12.8. The van der Waals surface area contributed by atoms with Crippen molar-refractivity contribution in [3.05, 3.63) is 64.1 Å². The topological polar surface area (TPSA) is 15.8 Å². The van der Waals surface area contributed by atoms with E-state index in [0.29, 0.717) is 9.52 Å². The molecule has 0 aliphatic carbocycles. The van der Waals surface area contributed by atoms with Crippen molar-refractivity contribution in [3.63, 3.8) is 0 Å². The molecular weight excluding hydrogens is 327 g/mol. The summed E-state index contributed by atoms with van der Waals surface area (Å²) in [6.07, 6.45) is -4.33. The second kappa shape index (κ2) is 5.70. The predicted octanol–water partition coefficient (Wildman–Crippen LogP) is 6.16. The maximum Gasteiger partial charge on any atom is 0.416 e. The van der Waals surface area contributed by atoms with Gasteiger partial charge in [0.1, 0.15) is 0 Å². The average Bonchev–Trinajstić information content (AvgIpc) is 2.89. The molecule has 0 spiro atoms. The van der Waals surface area contributed by atoms with Crippen LogP contribution in [0.1, 0.15) is 5.56 Å². The number of hydrogen-bond donors (Lipinski definition) is 1. The Balaban J connectivity index is 2.08. The molecule has 1 N–H and O–H groups in total. The van der Waals surface area contributed by atoms with Crippen LogP contribution in [0.4, 0.5) is 13.2 Å². The van der Waals surface area contributed by atoms with Gasteiger partial charge in [-0.15, -0.1) is 11.3 Å². The summed E-state index contributed by atoms with van der Waals surface area (Å²) in [5.41, 5.74) is 1.75. The van der Waals surface area contributed by atoms with Crippen LogP contribution in [0.15, 0.2) is 54.6 Å². The third kappa shape index (κ3) is 2.98. The highest BCUT2D eigenvalue weighted by Gasteiger charge is 2.30. The van der Waals surface area contributed by atoms with E-state index in [1.54, 1.807) is 0 Å². The van der Waals surface area contributed by atoms with Crippen LogP contribution in [0.3, 0.4) is 0 Å². The fraction of sp³-hybridized carbons (Fsp3) is 0.0625. The van der Waals surface area contributed by atoms with Crippen LogP contribution in [0.5, 0.6) is 0 Å². The fourth-order valence-electron chi connectivity index (χ4n) is 2.15. The molecule has 0 fully saturated rings. The average molecular weight is 337 g/mol. The van der Waals surface area contributed by atoms with Crippen LogP contribution in [-0.4, -0.2) is 4.98 Å². The summed E-state index contributed by atoms with van der Waals surface area (Å²) in [5, 5.41) is 0. The normalized spacial score (nSPS) is 11.6. The number of H-pyrrole nitrogens is 1. The Bertz CT molecular complexity index is 830. The lowest BCUT2D eigenvalue weighted by Crippen LogP contribution is -2.04. The van der Waals surface area contributed by atoms with Crippen molar-refractivity contribution in [2.45, 2.75) is 6.18 Å². The first kappa shape index (κ1) is 15.0. The number of hydrogen-bond acceptors (Lipinski definition) is 2. The molecule has 6 heteroatoms. The Hall–Kier alpha value is -1.92. The Morgan fingerprint density at radius 3 is 2.09 bits per heavy atom. The van der Waals surface area contributed by atoms with Gasteiger partial charge in [0.25, 0.3) is 0 Å². The first-order valence-corrected chi connectivity index (χ1v) is 7.64. The number of thiazole rings is 1. The quantitative estimate of drug-likeness (QED) is 0.554. The van der Waals surface area contributed by atoms with Crippen molar-refractivity contribution in [2.24, 2.45) is 0 Å². The van der Waals surface area contributed by atoms with Gasteiger partial charge in [-0.25, -0.2) is 0 Å². The minimum atomic E-state index is -4.33. The number of nitrogens with one attached hydrogen (secondary N) is 1. The maximum absolute atomic E-state index is 12.6. The van der Waals surface area contributed by atoms with Gasteiger partial charge < -0.3 is 4.98 Å². The first-order valence-electron chi connectivity index (χ1n) is 6.41. The fourth-order valence-corrected chi connectivity index (χ4v) is 3.37. The van der Waals surface area contributed by atoms with E-state index < -0.39 is 11.7 Å². The zero-order chi connectivity index (χ0) is 15.7. The van der Waals surface area contributed by atoms with Crippen molar-refractivity contribution in [2.75, 3.05) is 0 Å². The molecule has 0 amide bonds. The number of alkyl halides is 3. The molecule has 22 heavy (non-hydrogen) atoms. The van der Waals surface area contributed by atoms with E-state index in [0.717, 1.165) is 28.3 Å². The second-order valence-electron chi connectivity index (χ2n) is 4.66. The van der Waals surface area contributed by atoms with Crippen LogP contribution in [0.2, 0.25) is 0 Å². The summed E-state index contributed by atoms with van der Waals surface area (Å²) in [4.78, 5) is 3.99. The molecule has 0 aliphatic heterocycles. The van der Waals surface area contributed by atoms with Crippen molar-refractivity contribution >= 4 is 23.6 Å². The molecule has 0 atom stereocenters. The minimum Gasteiger partial charge on any atom is -0.336 e. The van der Waals surface area contributed by atoms with Crippen molar-refractivity contribution in [1.29, 1.82) is 0 Å². The van der Waals surface area contributed by atoms with Crippen LogP contribution in [-0.2, 0) is 6.18 Å². The van der Waals surface area contributed by atoms with Crippen LogP contribution >= 0.6 is 23.6 Å². The van der Waals surface area contributed by atoms with Crippen LogP contribution < -0.4 is 0 Å². The van der Waals surface area contributed by atoms with Gasteiger partial charge in [0.05, 0.1) is 16.1 Å². The molecule has 0 aliphatic rings. The number of rotatable bonds is 2. The maximum atomic E-state index is 12.6. The molecule has 2 aromatic carbocycles. The molecule has 0 saturated carbocycles. The molecule has 1 nitrogen and oxygen atoms in total. The van der Waals surface area contributed by atoms with Crippen molar-refractivity contribution in [3.8, 4) is 21.7 Å². The van der Waals surface area contributed by atoms with Crippen LogP contribution in [0.25, 0.3) is 21.7 Å². The van der Waals surface area contributed by atoms with E-state index in [-0.39, 0.29) is 0 Å². The minimum absolute atomic E-state index is 0.591. The summed E-state index contributed by atoms with van der Waals surface area (Å²) in [6, 6.07) is 14.7. The highest BCUT2D eigenvalue weighted by atomic mass is 32.1. The summed E-state index contributed by atoms with van der Waals surface area (Å²) in [7, 11) is 0. The molecule has 1 heterocycles. The van der Waals surface area contributed by atoms with Crippen molar-refractivity contribution < 1.29 is 13.2 Å². The van der Waals surface area contributed by atoms with Gasteiger partial charge in [-0.3, -0.25) is 0 Å². The third-order valence-corrected chi connectivity index (χ3v) is 4.47. The lowest BCUT2D eigenvalue weighted by atomic mass is 10.1. The molecule has 3 rings (SSSR count). The molecular formula is C16H10F3NS2. The van der Waals surface area contributed by atoms with E-state index in [4.69, 9.17) is 12.2 Å². The summed E-state index contributed by atoms with van der Waals surface area (Å²) in [5.74, 6) is 0. The van der Waals surface area contributed by atoms with Gasteiger partial charge in [-0.1, -0.05) is 42.5 Å². The van der Waals surface area contributed by atoms with Gasteiger partial charge in [0, 0.05) is 0 Å². The highest BCUT2D eigenvalue weighted by Crippen LogP contribution is 2.37. The van der Waals surface area contributed by atoms with Gasteiger partial charge in [0.2, 0.25) is 0 Å². The number of benzene rings is 2. The lowest BCUT2D eigenvalue weighted by molar-refractivity contribution is -0.137. The monoisotopic (exact) mass is 337 g/mol. The Kier molecular flexibility index (Phi) is 3.88. The van der Waals surface area contributed by atoms with Gasteiger partial charge in [-0.2, -0.15) is 13.2 Å². The van der Waals surface area contributed by atoms with Gasteiger partial charge >= 0.3 is 6.18 Å². The van der Waals surface area contributed by atoms with E-state index in [1.165, 1.54) is 23.5 Å². The second-order valence-corrected chi connectivity index (χ2v) is 6.35. The van der Waals surface area contributed by atoms with E-state index in [2.05, 4.69) is 4.98 Å². The SMILES string of the molecule is FC(F)(F)c1ccc(-c2[nH]c(=S)sc2-c2ccccc2)cc1. The van der Waals surface area contributed by atoms with E-state index in [1.807, 2.05) is 30.3 Å². The summed E-state index contributed by atoms with van der Waals surface area (Å²) < 4.78 is 38.5.